The number of benzene rings is 2. The van der Waals surface area contributed by atoms with E-state index in [1.165, 1.54) is 22.8 Å². The van der Waals surface area contributed by atoms with Crippen molar-refractivity contribution in [3.63, 3.8) is 0 Å². The van der Waals surface area contributed by atoms with Gasteiger partial charge < -0.3 is 0 Å². The molecular weight excluding hydrogens is 295 g/mol. The van der Waals surface area contributed by atoms with E-state index in [1.54, 1.807) is 12.1 Å². The molecule has 1 aliphatic rings. The van der Waals surface area contributed by atoms with E-state index in [9.17, 15) is 14.0 Å². The Balaban J connectivity index is 2.18. The third-order valence-corrected chi connectivity index (χ3v) is 3.71. The Kier molecular flexibility index (Phi) is 2.32. The van der Waals surface area contributed by atoms with E-state index in [0.29, 0.717) is 21.6 Å². The van der Waals surface area contributed by atoms with Crippen molar-refractivity contribution in [1.82, 2.24) is 9.55 Å². The predicted octanol–water partition coefficient (Wildman–Crippen LogP) is 2.72. The molecular formula is C15H6ClFN2O2. The molecule has 1 aromatic heterocycles. The van der Waals surface area contributed by atoms with Crippen molar-refractivity contribution < 1.29 is 9.18 Å². The zero-order valence-corrected chi connectivity index (χ0v) is 11.2. The Morgan fingerprint density at radius 3 is 2.71 bits per heavy atom. The van der Waals surface area contributed by atoms with Crippen molar-refractivity contribution in [3.05, 3.63) is 69.0 Å². The molecule has 0 spiro atoms. The lowest BCUT2D eigenvalue weighted by atomic mass is 10.1. The van der Waals surface area contributed by atoms with E-state index in [1.807, 2.05) is 0 Å². The summed E-state index contributed by atoms with van der Waals surface area (Å²) >= 11 is 5.90. The summed E-state index contributed by atoms with van der Waals surface area (Å²) in [4.78, 5) is 29.1. The maximum absolute atomic E-state index is 13.3. The van der Waals surface area contributed by atoms with E-state index in [-0.39, 0.29) is 11.4 Å². The van der Waals surface area contributed by atoms with Crippen molar-refractivity contribution in [2.75, 3.05) is 0 Å². The number of aromatic nitrogens is 2. The van der Waals surface area contributed by atoms with Gasteiger partial charge in [0.1, 0.15) is 5.82 Å². The molecule has 0 saturated heterocycles. The van der Waals surface area contributed by atoms with Crippen molar-refractivity contribution in [2.45, 2.75) is 0 Å². The second-order valence-electron chi connectivity index (χ2n) is 4.73. The summed E-state index contributed by atoms with van der Waals surface area (Å²) in [7, 11) is 0. The molecule has 0 radical (unpaired) electrons. The van der Waals surface area contributed by atoms with Crippen molar-refractivity contribution >= 4 is 28.3 Å². The van der Waals surface area contributed by atoms with Crippen LogP contribution in [0.15, 0.2) is 41.2 Å². The number of ketones is 1. The van der Waals surface area contributed by atoms with Crippen LogP contribution in [0, 0.1) is 5.82 Å². The van der Waals surface area contributed by atoms with E-state index in [0.717, 1.165) is 6.07 Å². The van der Waals surface area contributed by atoms with Gasteiger partial charge in [0.25, 0.3) is 5.56 Å². The van der Waals surface area contributed by atoms with Crippen molar-refractivity contribution in [1.29, 1.82) is 0 Å². The number of fused-ring (bicyclic) bond motifs is 4. The zero-order chi connectivity index (χ0) is 14.7. The average Bonchev–Trinajstić information content (AvgIpc) is 2.73. The van der Waals surface area contributed by atoms with Crippen LogP contribution in [0.3, 0.4) is 0 Å². The molecule has 2 heterocycles. The molecule has 0 unspecified atom stereocenters. The van der Waals surface area contributed by atoms with Crippen LogP contribution in [0.2, 0.25) is 5.02 Å². The molecule has 21 heavy (non-hydrogen) atoms. The minimum atomic E-state index is -0.532. The van der Waals surface area contributed by atoms with Gasteiger partial charge in [0.2, 0.25) is 5.78 Å². The molecule has 0 bridgehead atoms. The average molecular weight is 301 g/mol. The highest BCUT2D eigenvalue weighted by Gasteiger charge is 2.30. The second-order valence-corrected chi connectivity index (χ2v) is 5.16. The maximum atomic E-state index is 13.3. The topological polar surface area (TPSA) is 52.0 Å². The number of rotatable bonds is 0. The lowest BCUT2D eigenvalue weighted by Crippen LogP contribution is -2.21. The first kappa shape index (κ1) is 12.2. The molecule has 6 heteroatoms. The van der Waals surface area contributed by atoms with Crippen LogP contribution >= 0.6 is 11.6 Å². The fourth-order valence-electron chi connectivity index (χ4n) is 2.54. The SMILES string of the molecule is O=C1c2cc(F)ccc2-n2c1nc1ccc(Cl)cc1c2=O. The van der Waals surface area contributed by atoms with Crippen LogP contribution in [-0.2, 0) is 0 Å². The number of carbonyl (C=O) groups is 1. The molecule has 4 rings (SSSR count). The predicted molar refractivity (Wildman–Crippen MR) is 75.7 cm³/mol. The Hall–Kier alpha value is -2.53. The molecule has 0 saturated carbocycles. The number of hydrogen-bond donors (Lipinski definition) is 0. The highest BCUT2D eigenvalue weighted by molar-refractivity contribution is 6.31. The van der Waals surface area contributed by atoms with E-state index in [2.05, 4.69) is 4.98 Å². The number of nitrogens with zero attached hydrogens (tertiary/aromatic N) is 2. The summed E-state index contributed by atoms with van der Waals surface area (Å²) in [5.74, 6) is -0.996. The fourth-order valence-corrected chi connectivity index (χ4v) is 2.71. The van der Waals surface area contributed by atoms with Gasteiger partial charge in [0.15, 0.2) is 5.82 Å². The summed E-state index contributed by atoms with van der Waals surface area (Å²) in [5, 5.41) is 0.724. The first-order valence-corrected chi connectivity index (χ1v) is 6.51. The van der Waals surface area contributed by atoms with Gasteiger partial charge in [-0.05, 0) is 36.4 Å². The quantitative estimate of drug-likeness (QED) is 0.502. The minimum absolute atomic E-state index is 0.00424. The summed E-state index contributed by atoms with van der Waals surface area (Å²) in [6, 6.07) is 8.40. The molecule has 2 aromatic carbocycles. The van der Waals surface area contributed by atoms with E-state index in [4.69, 9.17) is 11.6 Å². The first-order valence-electron chi connectivity index (χ1n) is 6.13. The van der Waals surface area contributed by atoms with Crippen LogP contribution in [0.1, 0.15) is 16.2 Å². The Morgan fingerprint density at radius 2 is 1.90 bits per heavy atom. The molecule has 4 nitrogen and oxygen atoms in total. The Labute approximate surface area is 122 Å². The van der Waals surface area contributed by atoms with Crippen LogP contribution in [-0.4, -0.2) is 15.3 Å². The molecule has 0 N–H and O–H groups in total. The summed E-state index contributed by atoms with van der Waals surface area (Å²) in [5.41, 5.74) is 0.477. The van der Waals surface area contributed by atoms with Crippen molar-refractivity contribution in [3.8, 4) is 5.69 Å². The van der Waals surface area contributed by atoms with Crippen LogP contribution in [0.4, 0.5) is 4.39 Å². The largest absolute Gasteiger partial charge is 0.285 e. The number of hydrogen-bond acceptors (Lipinski definition) is 3. The maximum Gasteiger partial charge on any atom is 0.266 e. The van der Waals surface area contributed by atoms with Gasteiger partial charge in [0, 0.05) is 5.02 Å². The van der Waals surface area contributed by atoms with Gasteiger partial charge in [-0.3, -0.25) is 14.2 Å². The third-order valence-electron chi connectivity index (χ3n) is 3.48. The monoisotopic (exact) mass is 300 g/mol. The smallest absolute Gasteiger partial charge is 0.266 e. The van der Waals surface area contributed by atoms with Crippen LogP contribution < -0.4 is 5.56 Å². The molecule has 0 amide bonds. The van der Waals surface area contributed by atoms with E-state index < -0.39 is 17.2 Å². The standard InChI is InChI=1S/C15H6ClFN2O2/c16-7-1-3-11-9(5-7)15(21)19-12-4-2-8(17)6-10(12)13(20)14(19)18-11/h1-6H. The van der Waals surface area contributed by atoms with Gasteiger partial charge in [0.05, 0.1) is 22.2 Å². The lowest BCUT2D eigenvalue weighted by molar-refractivity contribution is 0.103. The second kappa shape index (κ2) is 3.99. The van der Waals surface area contributed by atoms with Gasteiger partial charge in [-0.2, -0.15) is 0 Å². The van der Waals surface area contributed by atoms with Gasteiger partial charge >= 0.3 is 0 Å². The normalized spacial score (nSPS) is 12.6. The van der Waals surface area contributed by atoms with Crippen LogP contribution in [0.25, 0.3) is 16.6 Å². The molecule has 3 aromatic rings. The zero-order valence-electron chi connectivity index (χ0n) is 10.4. The molecule has 102 valence electrons. The summed E-state index contributed by atoms with van der Waals surface area (Å²) in [6.45, 7) is 0. The highest BCUT2D eigenvalue weighted by atomic mass is 35.5. The van der Waals surface area contributed by atoms with Gasteiger partial charge in [-0.25, -0.2) is 9.37 Å². The summed E-state index contributed by atoms with van der Waals surface area (Å²) in [6.07, 6.45) is 0. The lowest BCUT2D eigenvalue weighted by Gasteiger charge is -2.05. The van der Waals surface area contributed by atoms with E-state index >= 15 is 0 Å². The highest BCUT2D eigenvalue weighted by Crippen LogP contribution is 2.27. The fraction of sp³-hybridized carbons (Fsp3) is 0. The minimum Gasteiger partial charge on any atom is -0.285 e. The molecule has 0 aliphatic carbocycles. The summed E-state index contributed by atoms with van der Waals surface area (Å²) < 4.78 is 14.5. The first-order chi connectivity index (χ1) is 10.1. The van der Waals surface area contributed by atoms with Gasteiger partial charge in [-0.15, -0.1) is 0 Å². The molecule has 0 atom stereocenters. The van der Waals surface area contributed by atoms with Gasteiger partial charge in [-0.1, -0.05) is 11.6 Å². The molecule has 1 aliphatic heterocycles. The Bertz CT molecular complexity index is 1010. The molecule has 0 fully saturated rings. The Morgan fingerprint density at radius 1 is 1.10 bits per heavy atom. The third kappa shape index (κ3) is 1.58. The number of halogens is 2. The number of carbonyl (C=O) groups excluding carboxylic acids is 1. The van der Waals surface area contributed by atoms with Crippen molar-refractivity contribution in [2.24, 2.45) is 0 Å². The van der Waals surface area contributed by atoms with Crippen LogP contribution in [0.5, 0.6) is 0 Å².